The Morgan fingerprint density at radius 1 is 1.14 bits per heavy atom. The van der Waals surface area contributed by atoms with Gasteiger partial charge in [-0.3, -0.25) is 0 Å². The highest BCUT2D eigenvalue weighted by Gasteiger charge is 2.24. The normalized spacial score (nSPS) is 21.1. The first kappa shape index (κ1) is 17.9. The number of amides is 2. The molecule has 0 radical (unpaired) electrons. The fourth-order valence-corrected chi connectivity index (χ4v) is 4.12. The molecule has 1 saturated heterocycles. The summed E-state index contributed by atoms with van der Waals surface area (Å²) in [6.45, 7) is 4.38. The molecule has 5 heteroatoms. The Bertz CT molecular complexity index is 313. The van der Waals surface area contributed by atoms with Gasteiger partial charge in [-0.05, 0) is 56.5 Å². The maximum absolute atomic E-state index is 11.9. The van der Waals surface area contributed by atoms with E-state index in [1.807, 2.05) is 11.8 Å². The van der Waals surface area contributed by atoms with E-state index in [-0.39, 0.29) is 6.03 Å². The standard InChI is InChI=1S/C17H33N3OS/c1-22-13-5-4-10-18-17(21)19-16-8-11-20(12-9-16)14-15-6-2-3-7-15/h15-16H,2-14H2,1H3,(H2,18,19,21). The van der Waals surface area contributed by atoms with Crippen LogP contribution in [-0.2, 0) is 0 Å². The van der Waals surface area contributed by atoms with Crippen LogP contribution in [0.3, 0.4) is 0 Å². The molecule has 2 rings (SSSR count). The molecular weight excluding hydrogens is 294 g/mol. The molecule has 1 aliphatic heterocycles. The molecular formula is C17H33N3OS. The lowest BCUT2D eigenvalue weighted by molar-refractivity contribution is 0.171. The molecule has 1 saturated carbocycles. The monoisotopic (exact) mass is 327 g/mol. The Kier molecular flexibility index (Phi) is 8.45. The van der Waals surface area contributed by atoms with E-state index in [9.17, 15) is 4.79 Å². The number of piperidine rings is 1. The van der Waals surface area contributed by atoms with Crippen LogP contribution >= 0.6 is 11.8 Å². The van der Waals surface area contributed by atoms with E-state index >= 15 is 0 Å². The second kappa shape index (κ2) is 10.4. The van der Waals surface area contributed by atoms with Gasteiger partial charge in [0.15, 0.2) is 0 Å². The van der Waals surface area contributed by atoms with Gasteiger partial charge >= 0.3 is 6.03 Å². The average molecular weight is 328 g/mol. The van der Waals surface area contributed by atoms with Crippen LogP contribution in [-0.4, -0.2) is 55.2 Å². The summed E-state index contributed by atoms with van der Waals surface area (Å²) in [6.07, 6.45) is 12.3. The van der Waals surface area contributed by atoms with Crippen LogP contribution in [0.1, 0.15) is 51.4 Å². The summed E-state index contributed by atoms with van der Waals surface area (Å²) in [6, 6.07) is 0.393. The van der Waals surface area contributed by atoms with Gasteiger partial charge in [0, 0.05) is 32.2 Å². The van der Waals surface area contributed by atoms with Crippen molar-refractivity contribution in [3.05, 3.63) is 0 Å². The van der Waals surface area contributed by atoms with E-state index < -0.39 is 0 Å². The van der Waals surface area contributed by atoms with Crippen molar-refractivity contribution >= 4 is 17.8 Å². The molecule has 1 heterocycles. The van der Waals surface area contributed by atoms with E-state index in [0.717, 1.165) is 44.8 Å². The van der Waals surface area contributed by atoms with Gasteiger partial charge in [0.2, 0.25) is 0 Å². The molecule has 0 atom stereocenters. The molecule has 0 aromatic carbocycles. The molecule has 2 amide bonds. The third-order valence-corrected chi connectivity index (χ3v) is 5.67. The highest BCUT2D eigenvalue weighted by Crippen LogP contribution is 2.26. The maximum atomic E-state index is 11.9. The summed E-state index contributed by atoms with van der Waals surface area (Å²) in [5, 5.41) is 6.13. The minimum atomic E-state index is 0.0263. The summed E-state index contributed by atoms with van der Waals surface area (Å²) in [5.74, 6) is 2.12. The third kappa shape index (κ3) is 6.78. The van der Waals surface area contributed by atoms with E-state index in [2.05, 4.69) is 21.8 Å². The van der Waals surface area contributed by atoms with E-state index in [1.165, 1.54) is 44.4 Å². The van der Waals surface area contributed by atoms with E-state index in [4.69, 9.17) is 0 Å². The smallest absolute Gasteiger partial charge is 0.315 e. The third-order valence-electron chi connectivity index (χ3n) is 4.97. The Balaban J connectivity index is 1.51. The SMILES string of the molecule is CSCCCCNC(=O)NC1CCN(CC2CCCC2)CC1. The van der Waals surface area contributed by atoms with Crippen LogP contribution in [0.4, 0.5) is 4.79 Å². The first-order valence-corrected chi connectivity index (χ1v) is 10.4. The number of urea groups is 1. The number of nitrogens with zero attached hydrogens (tertiary/aromatic N) is 1. The molecule has 0 spiro atoms. The molecule has 4 nitrogen and oxygen atoms in total. The number of hydrogen-bond donors (Lipinski definition) is 2. The van der Waals surface area contributed by atoms with Crippen molar-refractivity contribution in [1.29, 1.82) is 0 Å². The molecule has 2 aliphatic rings. The zero-order valence-corrected chi connectivity index (χ0v) is 14.9. The molecule has 22 heavy (non-hydrogen) atoms. The molecule has 0 unspecified atom stereocenters. The second-order valence-corrected chi connectivity index (χ2v) is 7.81. The molecule has 0 bridgehead atoms. The second-order valence-electron chi connectivity index (χ2n) is 6.83. The van der Waals surface area contributed by atoms with Crippen LogP contribution in [0.25, 0.3) is 0 Å². The predicted octanol–water partition coefficient (Wildman–Crippen LogP) is 3.08. The van der Waals surface area contributed by atoms with Crippen LogP contribution in [0.15, 0.2) is 0 Å². The zero-order chi connectivity index (χ0) is 15.6. The van der Waals surface area contributed by atoms with Gasteiger partial charge < -0.3 is 15.5 Å². The van der Waals surface area contributed by atoms with Gasteiger partial charge in [-0.15, -0.1) is 0 Å². The fraction of sp³-hybridized carbons (Fsp3) is 0.941. The fourth-order valence-electron chi connectivity index (χ4n) is 3.63. The Hall–Kier alpha value is -0.420. The highest BCUT2D eigenvalue weighted by molar-refractivity contribution is 7.98. The number of thioether (sulfide) groups is 1. The van der Waals surface area contributed by atoms with Gasteiger partial charge in [-0.1, -0.05) is 12.8 Å². The molecule has 128 valence electrons. The molecule has 2 N–H and O–H groups in total. The number of likely N-dealkylation sites (tertiary alicyclic amines) is 1. The van der Waals surface area contributed by atoms with Gasteiger partial charge in [0.25, 0.3) is 0 Å². The quantitative estimate of drug-likeness (QED) is 0.673. The number of nitrogens with one attached hydrogen (secondary N) is 2. The average Bonchev–Trinajstić information content (AvgIpc) is 3.02. The number of carbonyl (C=O) groups excluding carboxylic acids is 1. The van der Waals surface area contributed by atoms with Crippen molar-refractivity contribution in [2.24, 2.45) is 5.92 Å². The molecule has 0 aromatic rings. The van der Waals surface area contributed by atoms with E-state index in [1.54, 1.807) is 0 Å². The zero-order valence-electron chi connectivity index (χ0n) is 14.1. The first-order chi connectivity index (χ1) is 10.8. The summed E-state index contributed by atoms with van der Waals surface area (Å²) >= 11 is 1.87. The van der Waals surface area contributed by atoms with Crippen LogP contribution in [0, 0.1) is 5.92 Å². The van der Waals surface area contributed by atoms with Gasteiger partial charge in [-0.25, -0.2) is 4.79 Å². The number of unbranched alkanes of at least 4 members (excludes halogenated alkanes) is 1. The maximum Gasteiger partial charge on any atom is 0.315 e. The predicted molar refractivity (Wildman–Crippen MR) is 95.6 cm³/mol. The minimum Gasteiger partial charge on any atom is -0.338 e. The number of rotatable bonds is 8. The molecule has 0 aromatic heterocycles. The summed E-state index contributed by atoms with van der Waals surface area (Å²) in [4.78, 5) is 14.5. The first-order valence-electron chi connectivity index (χ1n) is 9.03. The highest BCUT2D eigenvalue weighted by atomic mass is 32.2. The van der Waals surface area contributed by atoms with Gasteiger partial charge in [0.05, 0.1) is 0 Å². The summed E-state index contributed by atoms with van der Waals surface area (Å²) in [7, 11) is 0. The lowest BCUT2D eigenvalue weighted by Crippen LogP contribution is -2.48. The Labute approximate surface area is 140 Å². The largest absolute Gasteiger partial charge is 0.338 e. The summed E-state index contributed by atoms with van der Waals surface area (Å²) in [5.41, 5.74) is 0. The Morgan fingerprint density at radius 2 is 1.86 bits per heavy atom. The molecule has 2 fully saturated rings. The van der Waals surface area contributed by atoms with Crippen molar-refractivity contribution < 1.29 is 4.79 Å². The number of carbonyl (C=O) groups is 1. The number of hydrogen-bond acceptors (Lipinski definition) is 3. The van der Waals surface area contributed by atoms with E-state index in [0.29, 0.717) is 6.04 Å². The lowest BCUT2D eigenvalue weighted by atomic mass is 10.0. The molecule has 1 aliphatic carbocycles. The van der Waals surface area contributed by atoms with Crippen LogP contribution < -0.4 is 10.6 Å². The topological polar surface area (TPSA) is 44.4 Å². The van der Waals surface area contributed by atoms with Gasteiger partial charge in [0.1, 0.15) is 0 Å². The Morgan fingerprint density at radius 3 is 2.55 bits per heavy atom. The van der Waals surface area contributed by atoms with Crippen LogP contribution in [0.2, 0.25) is 0 Å². The summed E-state index contributed by atoms with van der Waals surface area (Å²) < 4.78 is 0. The van der Waals surface area contributed by atoms with Crippen LogP contribution in [0.5, 0.6) is 0 Å². The van der Waals surface area contributed by atoms with Gasteiger partial charge in [-0.2, -0.15) is 11.8 Å². The lowest BCUT2D eigenvalue weighted by Gasteiger charge is -2.33. The van der Waals surface area contributed by atoms with Crippen molar-refractivity contribution in [3.8, 4) is 0 Å². The van der Waals surface area contributed by atoms with Crippen molar-refractivity contribution in [1.82, 2.24) is 15.5 Å². The van der Waals surface area contributed by atoms with Crippen molar-refractivity contribution in [2.75, 3.05) is 38.2 Å². The van der Waals surface area contributed by atoms with Crippen molar-refractivity contribution in [2.45, 2.75) is 57.4 Å². The minimum absolute atomic E-state index is 0.0263. The van der Waals surface area contributed by atoms with Crippen molar-refractivity contribution in [3.63, 3.8) is 0 Å².